The molecule has 0 atom stereocenters. The van der Waals surface area contributed by atoms with Crippen LogP contribution in [0.25, 0.3) is 11.0 Å². The standard InChI is InChI=1S/C20H24N4O2/c1-2-23-15-16(17-5-3-8-21-19(17)23)7-9-22-10-12-24(13-11-22)20(25)18-6-4-14-26-18/h3-6,8,14-15H,2,7,9-13H2,1H3. The zero-order chi connectivity index (χ0) is 17.9. The SMILES string of the molecule is CCn1cc(CCN2CCN(C(=O)c3ccco3)CC2)c2cccnc21. The predicted octanol–water partition coefficient (Wildman–Crippen LogP) is 2.65. The summed E-state index contributed by atoms with van der Waals surface area (Å²) in [6, 6.07) is 7.64. The van der Waals surface area contributed by atoms with Crippen molar-refractivity contribution < 1.29 is 9.21 Å². The number of rotatable bonds is 5. The second-order valence-corrected chi connectivity index (χ2v) is 6.68. The molecule has 0 aromatic carbocycles. The summed E-state index contributed by atoms with van der Waals surface area (Å²) in [6.07, 6.45) is 6.63. The summed E-state index contributed by atoms with van der Waals surface area (Å²) < 4.78 is 7.43. The normalized spacial score (nSPS) is 15.7. The van der Waals surface area contributed by atoms with E-state index in [-0.39, 0.29) is 5.91 Å². The average Bonchev–Trinajstić information content (AvgIpc) is 3.34. The number of furan rings is 1. The van der Waals surface area contributed by atoms with E-state index in [0.717, 1.165) is 51.3 Å². The van der Waals surface area contributed by atoms with E-state index >= 15 is 0 Å². The van der Waals surface area contributed by atoms with Crippen molar-refractivity contribution in [2.75, 3.05) is 32.7 Å². The molecule has 0 N–H and O–H groups in total. The third-order valence-electron chi connectivity index (χ3n) is 5.15. The number of aryl methyl sites for hydroxylation is 1. The Morgan fingerprint density at radius 1 is 1.19 bits per heavy atom. The maximum atomic E-state index is 12.3. The molecule has 1 saturated heterocycles. The molecule has 6 heteroatoms. The molecule has 1 fully saturated rings. The van der Waals surface area contributed by atoms with E-state index in [1.54, 1.807) is 18.4 Å². The summed E-state index contributed by atoms with van der Waals surface area (Å²) >= 11 is 0. The highest BCUT2D eigenvalue weighted by Gasteiger charge is 2.23. The lowest BCUT2D eigenvalue weighted by Gasteiger charge is -2.34. The molecule has 3 aromatic rings. The third kappa shape index (κ3) is 3.24. The van der Waals surface area contributed by atoms with Gasteiger partial charge in [-0.1, -0.05) is 0 Å². The number of aromatic nitrogens is 2. The highest BCUT2D eigenvalue weighted by molar-refractivity contribution is 5.91. The Balaban J connectivity index is 1.35. The number of hydrogen-bond donors (Lipinski definition) is 0. The first-order valence-electron chi connectivity index (χ1n) is 9.24. The van der Waals surface area contributed by atoms with Gasteiger partial charge in [0.05, 0.1) is 6.26 Å². The van der Waals surface area contributed by atoms with Gasteiger partial charge in [-0.15, -0.1) is 0 Å². The Kier molecular flexibility index (Phi) is 4.75. The quantitative estimate of drug-likeness (QED) is 0.708. The van der Waals surface area contributed by atoms with Gasteiger partial charge in [-0.25, -0.2) is 4.98 Å². The van der Waals surface area contributed by atoms with E-state index in [2.05, 4.69) is 33.6 Å². The lowest BCUT2D eigenvalue weighted by molar-refractivity contribution is 0.0607. The summed E-state index contributed by atoms with van der Waals surface area (Å²) in [5.41, 5.74) is 2.42. The lowest BCUT2D eigenvalue weighted by atomic mass is 10.1. The molecular formula is C20H24N4O2. The van der Waals surface area contributed by atoms with Gasteiger partial charge < -0.3 is 13.9 Å². The molecule has 0 spiro atoms. The van der Waals surface area contributed by atoms with Crippen LogP contribution < -0.4 is 0 Å². The first-order chi connectivity index (χ1) is 12.8. The summed E-state index contributed by atoms with van der Waals surface area (Å²) in [4.78, 5) is 21.2. The Morgan fingerprint density at radius 2 is 2.04 bits per heavy atom. The number of fused-ring (bicyclic) bond motifs is 1. The third-order valence-corrected chi connectivity index (χ3v) is 5.15. The first-order valence-corrected chi connectivity index (χ1v) is 9.24. The fraction of sp³-hybridized carbons (Fsp3) is 0.400. The number of carbonyl (C=O) groups excluding carboxylic acids is 1. The van der Waals surface area contributed by atoms with E-state index in [0.29, 0.717) is 5.76 Å². The highest BCUT2D eigenvalue weighted by atomic mass is 16.3. The molecule has 1 aliphatic rings. The predicted molar refractivity (Wildman–Crippen MR) is 100 cm³/mol. The van der Waals surface area contributed by atoms with Gasteiger partial charge in [0.15, 0.2) is 5.76 Å². The number of piperazine rings is 1. The first kappa shape index (κ1) is 16.8. The van der Waals surface area contributed by atoms with Crippen molar-refractivity contribution >= 4 is 16.9 Å². The molecule has 0 unspecified atom stereocenters. The van der Waals surface area contributed by atoms with Gasteiger partial charge in [0.25, 0.3) is 5.91 Å². The summed E-state index contributed by atoms with van der Waals surface area (Å²) in [7, 11) is 0. The molecule has 0 bridgehead atoms. The summed E-state index contributed by atoms with van der Waals surface area (Å²) in [5, 5.41) is 1.25. The highest BCUT2D eigenvalue weighted by Crippen LogP contribution is 2.20. The molecule has 26 heavy (non-hydrogen) atoms. The van der Waals surface area contributed by atoms with Gasteiger partial charge in [0.2, 0.25) is 0 Å². The van der Waals surface area contributed by atoms with Crippen LogP contribution in [0.5, 0.6) is 0 Å². The van der Waals surface area contributed by atoms with E-state index in [4.69, 9.17) is 4.42 Å². The minimum atomic E-state index is -0.00765. The van der Waals surface area contributed by atoms with Crippen LogP contribution in [0.15, 0.2) is 47.3 Å². The molecule has 0 saturated carbocycles. The monoisotopic (exact) mass is 352 g/mol. The van der Waals surface area contributed by atoms with Crippen LogP contribution in [0.3, 0.4) is 0 Å². The molecule has 0 radical (unpaired) electrons. The molecule has 0 aliphatic carbocycles. The minimum Gasteiger partial charge on any atom is -0.459 e. The van der Waals surface area contributed by atoms with Crippen molar-refractivity contribution in [2.45, 2.75) is 19.9 Å². The van der Waals surface area contributed by atoms with Crippen LogP contribution >= 0.6 is 0 Å². The van der Waals surface area contributed by atoms with Gasteiger partial charge >= 0.3 is 0 Å². The van der Waals surface area contributed by atoms with Crippen molar-refractivity contribution in [3.8, 4) is 0 Å². The number of hydrogen-bond acceptors (Lipinski definition) is 4. The topological polar surface area (TPSA) is 54.5 Å². The van der Waals surface area contributed by atoms with Crippen LogP contribution in [0.1, 0.15) is 23.0 Å². The van der Waals surface area contributed by atoms with Gasteiger partial charge in [-0.2, -0.15) is 0 Å². The van der Waals surface area contributed by atoms with E-state index in [1.807, 2.05) is 17.2 Å². The maximum absolute atomic E-state index is 12.3. The number of pyridine rings is 1. The van der Waals surface area contributed by atoms with E-state index < -0.39 is 0 Å². The molecule has 6 nitrogen and oxygen atoms in total. The smallest absolute Gasteiger partial charge is 0.289 e. The van der Waals surface area contributed by atoms with Gasteiger partial charge in [0.1, 0.15) is 5.65 Å². The Bertz CT molecular complexity index is 876. The summed E-state index contributed by atoms with van der Waals surface area (Å²) in [6.45, 7) is 7.37. The molecule has 1 amide bonds. The number of amides is 1. The zero-order valence-electron chi connectivity index (χ0n) is 15.1. The molecule has 4 rings (SSSR count). The molecule has 3 aromatic heterocycles. The Morgan fingerprint density at radius 3 is 2.77 bits per heavy atom. The van der Waals surface area contributed by atoms with Crippen molar-refractivity contribution in [3.05, 3.63) is 54.2 Å². The minimum absolute atomic E-state index is 0.00765. The molecule has 1 aliphatic heterocycles. The van der Waals surface area contributed by atoms with Crippen molar-refractivity contribution in [1.29, 1.82) is 0 Å². The average molecular weight is 352 g/mol. The maximum Gasteiger partial charge on any atom is 0.289 e. The van der Waals surface area contributed by atoms with E-state index in [9.17, 15) is 4.79 Å². The Hall–Kier alpha value is -2.60. The van der Waals surface area contributed by atoms with Gasteiger partial charge in [-0.05, 0) is 43.2 Å². The van der Waals surface area contributed by atoms with Crippen molar-refractivity contribution in [2.24, 2.45) is 0 Å². The van der Waals surface area contributed by atoms with Crippen molar-refractivity contribution in [3.63, 3.8) is 0 Å². The Labute approximate surface area is 153 Å². The van der Waals surface area contributed by atoms with Crippen LogP contribution in [0, 0.1) is 0 Å². The lowest BCUT2D eigenvalue weighted by Crippen LogP contribution is -2.49. The fourth-order valence-corrected chi connectivity index (χ4v) is 3.64. The van der Waals surface area contributed by atoms with Crippen LogP contribution in [-0.4, -0.2) is 58.0 Å². The van der Waals surface area contributed by atoms with Crippen LogP contribution in [0.4, 0.5) is 0 Å². The number of nitrogens with zero attached hydrogens (tertiary/aromatic N) is 4. The van der Waals surface area contributed by atoms with Crippen LogP contribution in [0.2, 0.25) is 0 Å². The second-order valence-electron chi connectivity index (χ2n) is 6.68. The molecule has 136 valence electrons. The van der Waals surface area contributed by atoms with Crippen LogP contribution in [-0.2, 0) is 13.0 Å². The zero-order valence-corrected chi connectivity index (χ0v) is 15.1. The molecule has 4 heterocycles. The number of carbonyl (C=O) groups is 1. The van der Waals surface area contributed by atoms with E-state index in [1.165, 1.54) is 10.9 Å². The summed E-state index contributed by atoms with van der Waals surface area (Å²) in [5.74, 6) is 0.421. The largest absolute Gasteiger partial charge is 0.459 e. The molecular weight excluding hydrogens is 328 g/mol. The van der Waals surface area contributed by atoms with Gasteiger partial charge in [0, 0.05) is 57.0 Å². The van der Waals surface area contributed by atoms with Gasteiger partial charge in [-0.3, -0.25) is 9.69 Å². The second kappa shape index (κ2) is 7.33. The fourth-order valence-electron chi connectivity index (χ4n) is 3.64. The van der Waals surface area contributed by atoms with Crippen molar-refractivity contribution in [1.82, 2.24) is 19.4 Å².